The molecule has 1 aromatic rings. The number of hydrogen-bond acceptors (Lipinski definition) is 1. The molecular weight excluding hydrogens is 189 g/mol. The van der Waals surface area contributed by atoms with Gasteiger partial charge in [-0.3, -0.25) is 0 Å². The lowest BCUT2D eigenvalue weighted by molar-refractivity contribution is 0.369. The van der Waals surface area contributed by atoms with Gasteiger partial charge in [0.1, 0.15) is 5.82 Å². The van der Waals surface area contributed by atoms with Gasteiger partial charge in [0.2, 0.25) is 0 Å². The van der Waals surface area contributed by atoms with Crippen molar-refractivity contribution in [2.45, 2.75) is 25.8 Å². The number of rotatable bonds is 4. The van der Waals surface area contributed by atoms with Crippen LogP contribution in [0, 0.1) is 17.7 Å². The second-order valence-corrected chi connectivity index (χ2v) is 4.51. The van der Waals surface area contributed by atoms with Crippen LogP contribution in [0.15, 0.2) is 24.3 Å². The van der Waals surface area contributed by atoms with Crippen molar-refractivity contribution in [3.8, 4) is 0 Å². The standard InChI is InChI=1S/C13H18FN/c1-9(10-3-4-10)13(15-2)11-5-7-12(14)8-6-11/h5-10,13,15H,3-4H2,1-2H3. The minimum Gasteiger partial charge on any atom is -0.313 e. The first-order valence-electron chi connectivity index (χ1n) is 5.65. The molecular formula is C13H18FN. The van der Waals surface area contributed by atoms with Crippen LogP contribution in [0.3, 0.4) is 0 Å². The van der Waals surface area contributed by atoms with Crippen LogP contribution >= 0.6 is 0 Å². The summed E-state index contributed by atoms with van der Waals surface area (Å²) in [5.41, 5.74) is 1.19. The molecule has 82 valence electrons. The summed E-state index contributed by atoms with van der Waals surface area (Å²) in [6, 6.07) is 7.21. The fourth-order valence-electron chi connectivity index (χ4n) is 2.30. The predicted octanol–water partition coefficient (Wildman–Crippen LogP) is 3.13. The summed E-state index contributed by atoms with van der Waals surface area (Å²) >= 11 is 0. The van der Waals surface area contributed by atoms with Crippen molar-refractivity contribution < 1.29 is 4.39 Å². The first kappa shape index (κ1) is 10.6. The highest BCUT2D eigenvalue weighted by Gasteiger charge is 2.33. The van der Waals surface area contributed by atoms with Crippen LogP contribution in [0.25, 0.3) is 0 Å². The van der Waals surface area contributed by atoms with E-state index in [4.69, 9.17) is 0 Å². The van der Waals surface area contributed by atoms with Crippen LogP contribution < -0.4 is 5.32 Å². The molecule has 15 heavy (non-hydrogen) atoms. The van der Waals surface area contributed by atoms with Crippen LogP contribution in [0.1, 0.15) is 31.4 Å². The maximum Gasteiger partial charge on any atom is 0.123 e. The summed E-state index contributed by atoms with van der Waals surface area (Å²) < 4.78 is 12.8. The molecule has 0 saturated heterocycles. The van der Waals surface area contributed by atoms with Crippen molar-refractivity contribution in [2.24, 2.45) is 11.8 Å². The molecule has 1 fully saturated rings. The van der Waals surface area contributed by atoms with E-state index in [-0.39, 0.29) is 5.82 Å². The van der Waals surface area contributed by atoms with Gasteiger partial charge in [-0.05, 0) is 49.4 Å². The number of halogens is 1. The van der Waals surface area contributed by atoms with Gasteiger partial charge in [0.05, 0.1) is 0 Å². The second-order valence-electron chi connectivity index (χ2n) is 4.51. The Labute approximate surface area is 90.7 Å². The highest BCUT2D eigenvalue weighted by molar-refractivity contribution is 5.21. The first-order chi connectivity index (χ1) is 7.22. The minimum absolute atomic E-state index is 0.160. The molecule has 1 aliphatic carbocycles. The molecule has 1 nitrogen and oxygen atoms in total. The Morgan fingerprint density at radius 3 is 2.33 bits per heavy atom. The summed E-state index contributed by atoms with van der Waals surface area (Å²) in [6.45, 7) is 2.28. The van der Waals surface area contributed by atoms with Gasteiger partial charge >= 0.3 is 0 Å². The van der Waals surface area contributed by atoms with E-state index < -0.39 is 0 Å². The highest BCUT2D eigenvalue weighted by Crippen LogP contribution is 2.42. The predicted molar refractivity (Wildman–Crippen MR) is 60.1 cm³/mol. The van der Waals surface area contributed by atoms with Crippen LogP contribution in [0.4, 0.5) is 4.39 Å². The van der Waals surface area contributed by atoms with E-state index in [0.29, 0.717) is 12.0 Å². The average molecular weight is 207 g/mol. The highest BCUT2D eigenvalue weighted by atomic mass is 19.1. The topological polar surface area (TPSA) is 12.0 Å². The van der Waals surface area contributed by atoms with Gasteiger partial charge < -0.3 is 5.32 Å². The van der Waals surface area contributed by atoms with E-state index in [0.717, 1.165) is 5.92 Å². The van der Waals surface area contributed by atoms with E-state index in [1.165, 1.54) is 18.4 Å². The lowest BCUT2D eigenvalue weighted by Crippen LogP contribution is -2.24. The Hall–Kier alpha value is -0.890. The third-order valence-corrected chi connectivity index (χ3v) is 3.43. The third kappa shape index (κ3) is 2.37. The fraction of sp³-hybridized carbons (Fsp3) is 0.538. The maximum absolute atomic E-state index is 12.8. The molecule has 2 unspecified atom stereocenters. The van der Waals surface area contributed by atoms with E-state index >= 15 is 0 Å². The van der Waals surface area contributed by atoms with Gasteiger partial charge in [-0.15, -0.1) is 0 Å². The largest absolute Gasteiger partial charge is 0.313 e. The van der Waals surface area contributed by atoms with Crippen molar-refractivity contribution in [1.82, 2.24) is 5.32 Å². The van der Waals surface area contributed by atoms with Crippen molar-refractivity contribution >= 4 is 0 Å². The quantitative estimate of drug-likeness (QED) is 0.799. The Kier molecular flexibility index (Phi) is 3.06. The molecule has 1 aliphatic rings. The summed E-state index contributed by atoms with van der Waals surface area (Å²) in [4.78, 5) is 0. The van der Waals surface area contributed by atoms with Crippen LogP contribution in [-0.2, 0) is 0 Å². The minimum atomic E-state index is -0.160. The molecule has 0 aromatic heterocycles. The van der Waals surface area contributed by atoms with Gasteiger partial charge in [0.25, 0.3) is 0 Å². The smallest absolute Gasteiger partial charge is 0.123 e. The summed E-state index contributed by atoms with van der Waals surface area (Å²) in [5, 5.41) is 3.34. The molecule has 0 spiro atoms. The zero-order valence-corrected chi connectivity index (χ0v) is 9.33. The lowest BCUT2D eigenvalue weighted by atomic mass is 9.91. The molecule has 0 bridgehead atoms. The van der Waals surface area contributed by atoms with Gasteiger partial charge in [0, 0.05) is 6.04 Å². The van der Waals surface area contributed by atoms with E-state index in [1.54, 1.807) is 12.1 Å². The molecule has 0 heterocycles. The summed E-state index contributed by atoms with van der Waals surface area (Å²) in [6.07, 6.45) is 2.70. The molecule has 2 atom stereocenters. The van der Waals surface area contributed by atoms with E-state index in [1.807, 2.05) is 19.2 Å². The number of hydrogen-bond donors (Lipinski definition) is 1. The molecule has 0 amide bonds. The van der Waals surface area contributed by atoms with Crippen molar-refractivity contribution in [3.05, 3.63) is 35.6 Å². The maximum atomic E-state index is 12.8. The number of nitrogens with one attached hydrogen (secondary N) is 1. The molecule has 0 aliphatic heterocycles. The monoisotopic (exact) mass is 207 g/mol. The number of benzene rings is 1. The Morgan fingerprint density at radius 1 is 1.27 bits per heavy atom. The van der Waals surface area contributed by atoms with E-state index in [2.05, 4.69) is 12.2 Å². The van der Waals surface area contributed by atoms with Crippen LogP contribution in [0.2, 0.25) is 0 Å². The average Bonchev–Trinajstić information content (AvgIpc) is 3.05. The summed E-state index contributed by atoms with van der Waals surface area (Å²) in [5.74, 6) is 1.33. The zero-order valence-electron chi connectivity index (χ0n) is 9.33. The van der Waals surface area contributed by atoms with Gasteiger partial charge in [-0.1, -0.05) is 19.1 Å². The van der Waals surface area contributed by atoms with Crippen LogP contribution in [0.5, 0.6) is 0 Å². The molecule has 0 radical (unpaired) electrons. The Bertz CT molecular complexity index is 316. The van der Waals surface area contributed by atoms with Gasteiger partial charge in [-0.2, -0.15) is 0 Å². The zero-order chi connectivity index (χ0) is 10.8. The Balaban J connectivity index is 2.14. The van der Waals surface area contributed by atoms with Gasteiger partial charge in [0.15, 0.2) is 0 Å². The van der Waals surface area contributed by atoms with Crippen molar-refractivity contribution in [3.63, 3.8) is 0 Å². The molecule has 1 aromatic carbocycles. The lowest BCUT2D eigenvalue weighted by Gasteiger charge is -2.23. The summed E-state index contributed by atoms with van der Waals surface area (Å²) in [7, 11) is 1.98. The second kappa shape index (κ2) is 4.31. The third-order valence-electron chi connectivity index (χ3n) is 3.43. The van der Waals surface area contributed by atoms with Crippen molar-refractivity contribution in [2.75, 3.05) is 7.05 Å². The van der Waals surface area contributed by atoms with Crippen molar-refractivity contribution in [1.29, 1.82) is 0 Å². The van der Waals surface area contributed by atoms with E-state index in [9.17, 15) is 4.39 Å². The van der Waals surface area contributed by atoms with Crippen LogP contribution in [-0.4, -0.2) is 7.05 Å². The first-order valence-corrected chi connectivity index (χ1v) is 5.65. The molecule has 2 rings (SSSR count). The molecule has 2 heteroatoms. The Morgan fingerprint density at radius 2 is 1.87 bits per heavy atom. The van der Waals surface area contributed by atoms with Gasteiger partial charge in [-0.25, -0.2) is 4.39 Å². The molecule has 1 saturated carbocycles. The molecule has 1 N–H and O–H groups in total. The fourth-order valence-corrected chi connectivity index (χ4v) is 2.30. The SMILES string of the molecule is CNC(c1ccc(F)cc1)C(C)C1CC1. The normalized spacial score (nSPS) is 19.9.